The lowest BCUT2D eigenvalue weighted by Gasteiger charge is -2.27. The smallest absolute Gasteiger partial charge is 0.206 e. The Morgan fingerprint density at radius 3 is 1.22 bits per heavy atom. The van der Waals surface area contributed by atoms with Gasteiger partial charge in [0.25, 0.3) is 0 Å². The fraction of sp³-hybridized carbons (Fsp3) is 0.800. The molecule has 0 saturated heterocycles. The molecule has 18 heavy (non-hydrogen) atoms. The second kappa shape index (κ2) is 5.76. The van der Waals surface area contributed by atoms with Gasteiger partial charge in [0.05, 0.1) is 0 Å². The van der Waals surface area contributed by atoms with E-state index in [0.717, 1.165) is 0 Å². The Balaban J connectivity index is 5.88. The zero-order chi connectivity index (χ0) is 14.9. The van der Waals surface area contributed by atoms with Gasteiger partial charge in [0.15, 0.2) is 5.57 Å². The predicted molar refractivity (Wildman–Crippen MR) is 57.4 cm³/mol. The molecule has 0 spiro atoms. The maximum Gasteiger partial charge on any atom is 0.424 e. The molecule has 0 unspecified atom stereocenters. The van der Waals surface area contributed by atoms with E-state index in [1.54, 1.807) is 0 Å². The molecule has 0 N–H and O–H groups in total. The van der Waals surface area contributed by atoms with Crippen molar-refractivity contribution in [3.63, 3.8) is 0 Å². The van der Waals surface area contributed by atoms with Crippen LogP contribution in [-0.4, -0.2) is 23.7 Å². The van der Waals surface area contributed by atoms with Gasteiger partial charge >= 0.3 is 12.4 Å². The van der Waals surface area contributed by atoms with Crippen LogP contribution in [0.3, 0.4) is 0 Å². The molecule has 0 aliphatic rings. The van der Waals surface area contributed by atoms with Crippen LogP contribution >= 0.6 is 7.92 Å². The van der Waals surface area contributed by atoms with Crippen LogP contribution in [-0.2, 0) is 0 Å². The average Bonchev–Trinajstić information content (AvgIpc) is 1.93. The highest BCUT2D eigenvalue weighted by Crippen LogP contribution is 2.58. The second-order valence-electron chi connectivity index (χ2n) is 4.26. The van der Waals surface area contributed by atoms with Gasteiger partial charge in [-0.25, -0.2) is 4.39 Å². The molecule has 0 aliphatic heterocycles. The molecule has 0 bridgehead atoms. The van der Waals surface area contributed by atoms with Crippen LogP contribution in [0.15, 0.2) is 11.1 Å². The summed E-state index contributed by atoms with van der Waals surface area (Å²) in [4.78, 5) is 0. The van der Waals surface area contributed by atoms with Gasteiger partial charge in [0.1, 0.15) is 5.57 Å². The topological polar surface area (TPSA) is 0 Å². The van der Waals surface area contributed by atoms with E-state index in [9.17, 15) is 30.7 Å². The molecule has 0 rings (SSSR count). The minimum absolute atomic E-state index is 0.598. The lowest BCUT2D eigenvalue weighted by atomic mass is 10.3. The van der Waals surface area contributed by atoms with Crippen LogP contribution in [0.2, 0.25) is 0 Å². The highest BCUT2D eigenvalue weighted by molar-refractivity contribution is 7.63. The van der Waals surface area contributed by atoms with Crippen molar-refractivity contribution in [1.82, 2.24) is 0 Å². The van der Waals surface area contributed by atoms with Crippen LogP contribution < -0.4 is 0 Å². The summed E-state index contributed by atoms with van der Waals surface area (Å²) in [5, 5.41) is 0. The van der Waals surface area contributed by atoms with Crippen LogP contribution in [0.25, 0.3) is 0 Å². The fourth-order valence-electron chi connectivity index (χ4n) is 1.57. The van der Waals surface area contributed by atoms with Crippen molar-refractivity contribution >= 4 is 7.92 Å². The van der Waals surface area contributed by atoms with E-state index in [4.69, 9.17) is 0 Å². The van der Waals surface area contributed by atoms with Gasteiger partial charge in [-0.1, -0.05) is 27.7 Å². The van der Waals surface area contributed by atoms with Gasteiger partial charge in [-0.15, -0.1) is 0 Å². The number of alkyl halides is 6. The summed E-state index contributed by atoms with van der Waals surface area (Å²) in [6.45, 7) is 5.65. The molecule has 0 aromatic carbocycles. The molecule has 0 atom stereocenters. The largest absolute Gasteiger partial charge is 0.424 e. The number of hydrogen-bond acceptors (Lipinski definition) is 0. The summed E-state index contributed by atoms with van der Waals surface area (Å²) in [6.07, 6.45) is -11.5. The van der Waals surface area contributed by atoms with Crippen molar-refractivity contribution in [1.29, 1.82) is 0 Å². The van der Waals surface area contributed by atoms with Crippen molar-refractivity contribution in [2.45, 2.75) is 51.4 Å². The summed E-state index contributed by atoms with van der Waals surface area (Å²) >= 11 is 0. The van der Waals surface area contributed by atoms with Crippen LogP contribution in [0, 0.1) is 0 Å². The first-order chi connectivity index (χ1) is 7.80. The number of rotatable bonds is 3. The average molecular weight is 298 g/mol. The van der Waals surface area contributed by atoms with E-state index < -0.39 is 42.7 Å². The zero-order valence-electron chi connectivity index (χ0n) is 10.2. The van der Waals surface area contributed by atoms with E-state index in [2.05, 4.69) is 0 Å². The Hall–Kier alpha value is -0.320. The van der Waals surface area contributed by atoms with Gasteiger partial charge in [0, 0.05) is 0 Å². The summed E-state index contributed by atoms with van der Waals surface area (Å²) in [5.41, 5.74) is -6.25. The molecular formula is C10H14F7P. The lowest BCUT2D eigenvalue weighted by molar-refractivity contribution is -0.173. The molecule has 0 aliphatic carbocycles. The minimum atomic E-state index is -5.73. The van der Waals surface area contributed by atoms with Crippen LogP contribution in [0.5, 0.6) is 0 Å². The number of halogens is 7. The monoisotopic (exact) mass is 298 g/mol. The highest BCUT2D eigenvalue weighted by atomic mass is 31.1. The third-order valence-corrected chi connectivity index (χ3v) is 5.01. The Morgan fingerprint density at radius 1 is 0.778 bits per heavy atom. The molecule has 108 valence electrons. The Morgan fingerprint density at radius 2 is 1.06 bits per heavy atom. The van der Waals surface area contributed by atoms with E-state index in [-0.39, 0.29) is 0 Å². The highest BCUT2D eigenvalue weighted by Gasteiger charge is 2.54. The first kappa shape index (κ1) is 17.7. The van der Waals surface area contributed by atoms with Crippen LogP contribution in [0.1, 0.15) is 27.7 Å². The Kier molecular flexibility index (Phi) is 5.66. The normalized spacial score (nSPS) is 13.7. The summed E-state index contributed by atoms with van der Waals surface area (Å²) in [5.74, 6) is 0. The molecule has 0 nitrogen and oxygen atoms in total. The molecule has 0 radical (unpaired) electrons. The molecule has 0 heterocycles. The molecule has 8 heteroatoms. The molecule has 0 aromatic heterocycles. The minimum Gasteiger partial charge on any atom is -0.206 e. The van der Waals surface area contributed by atoms with Crippen LogP contribution in [0.4, 0.5) is 30.7 Å². The van der Waals surface area contributed by atoms with E-state index >= 15 is 0 Å². The lowest BCUT2D eigenvalue weighted by Crippen LogP contribution is -2.28. The van der Waals surface area contributed by atoms with E-state index in [0.29, 0.717) is 0 Å². The third-order valence-electron chi connectivity index (χ3n) is 2.11. The van der Waals surface area contributed by atoms with Crippen molar-refractivity contribution < 1.29 is 30.7 Å². The zero-order valence-corrected chi connectivity index (χ0v) is 11.1. The SMILES string of the molecule is CC(C)P(C(F)=C(C(F)(F)F)C(F)(F)F)C(C)C. The number of allylic oxidation sites excluding steroid dienone is 1. The van der Waals surface area contributed by atoms with Gasteiger partial charge in [-0.3, -0.25) is 0 Å². The van der Waals surface area contributed by atoms with Gasteiger partial charge in [-0.2, -0.15) is 26.3 Å². The van der Waals surface area contributed by atoms with E-state index in [1.807, 2.05) is 0 Å². The Bertz CT molecular complexity index is 287. The molecule has 0 saturated carbocycles. The predicted octanol–water partition coefficient (Wildman–Crippen LogP) is 5.59. The first-order valence-electron chi connectivity index (χ1n) is 5.12. The molecule has 0 amide bonds. The summed E-state index contributed by atoms with van der Waals surface area (Å²) in [6, 6.07) is 0. The number of hydrogen-bond donors (Lipinski definition) is 0. The van der Waals surface area contributed by atoms with Gasteiger partial charge in [0.2, 0.25) is 0 Å². The van der Waals surface area contributed by atoms with Gasteiger partial charge < -0.3 is 0 Å². The fourth-order valence-corrected chi connectivity index (χ4v) is 4.18. The quantitative estimate of drug-likeness (QED) is 0.470. The van der Waals surface area contributed by atoms with Crippen molar-refractivity contribution in [2.24, 2.45) is 0 Å². The van der Waals surface area contributed by atoms with Gasteiger partial charge in [-0.05, 0) is 19.2 Å². The standard InChI is InChI=1S/C10H14F7P/c1-5(2)18(6(3)4)8(11)7(9(12,13)14)10(15,16)17/h5-6H,1-4H3. The molecule has 0 fully saturated rings. The maximum atomic E-state index is 13.7. The summed E-state index contributed by atoms with van der Waals surface area (Å²) in [7, 11) is -2.13. The first-order valence-corrected chi connectivity index (χ1v) is 6.60. The van der Waals surface area contributed by atoms with E-state index in [1.165, 1.54) is 27.7 Å². The third kappa shape index (κ3) is 4.41. The second-order valence-corrected chi connectivity index (χ2v) is 7.53. The maximum absolute atomic E-state index is 13.7. The summed E-state index contributed by atoms with van der Waals surface area (Å²) < 4.78 is 87.8. The Labute approximate surface area is 102 Å². The molecule has 0 aromatic rings. The van der Waals surface area contributed by atoms with Crippen molar-refractivity contribution in [3.8, 4) is 0 Å². The van der Waals surface area contributed by atoms with Crippen molar-refractivity contribution in [3.05, 3.63) is 11.1 Å². The van der Waals surface area contributed by atoms with Crippen molar-refractivity contribution in [2.75, 3.05) is 0 Å². The molecular weight excluding hydrogens is 284 g/mol.